The molecule has 0 unspecified atom stereocenters. The van der Waals surface area contributed by atoms with Gasteiger partial charge >= 0.3 is 0 Å². The van der Waals surface area contributed by atoms with Crippen LogP contribution in [-0.2, 0) is 0 Å². The highest BCUT2D eigenvalue weighted by atomic mass is 16.3. The van der Waals surface area contributed by atoms with Gasteiger partial charge in [-0.2, -0.15) is 0 Å². The summed E-state index contributed by atoms with van der Waals surface area (Å²) < 4.78 is 5.14. The van der Waals surface area contributed by atoms with Gasteiger partial charge in [-0.05, 0) is 50.3 Å². The Balaban J connectivity index is 1.85. The number of Topliss-reactive ketones (excluding diaryl/α,β-unsaturated/α-hetero) is 1. The normalized spacial score (nSPS) is 20.2. The fourth-order valence-corrected chi connectivity index (χ4v) is 2.70. The lowest BCUT2D eigenvalue weighted by Gasteiger charge is -2.38. The molecule has 0 saturated heterocycles. The number of ketones is 1. The van der Waals surface area contributed by atoms with Crippen LogP contribution in [0.25, 0.3) is 0 Å². The Morgan fingerprint density at radius 2 is 2.11 bits per heavy atom. The van der Waals surface area contributed by atoms with Crippen molar-refractivity contribution in [2.45, 2.75) is 45.6 Å². The molecule has 0 spiro atoms. The molecule has 1 saturated carbocycles. The van der Waals surface area contributed by atoms with Gasteiger partial charge in [-0.25, -0.2) is 0 Å². The molecular weight excluding hydrogens is 226 g/mol. The molecule has 0 bridgehead atoms. The van der Waals surface area contributed by atoms with Crippen molar-refractivity contribution in [2.24, 2.45) is 5.41 Å². The second-order valence-electron chi connectivity index (χ2n) is 6.21. The highest BCUT2D eigenvalue weighted by Crippen LogP contribution is 2.36. The summed E-state index contributed by atoms with van der Waals surface area (Å²) in [6, 6.07) is 4.04. The van der Waals surface area contributed by atoms with E-state index in [0.29, 0.717) is 23.8 Å². The monoisotopic (exact) mass is 249 g/mol. The minimum absolute atomic E-state index is 0.0762. The van der Waals surface area contributed by atoms with E-state index in [4.69, 9.17) is 4.42 Å². The predicted octanol–water partition coefficient (Wildman–Crippen LogP) is 3.36. The fourth-order valence-electron chi connectivity index (χ4n) is 2.70. The molecule has 3 nitrogen and oxygen atoms in total. The van der Waals surface area contributed by atoms with E-state index in [0.717, 1.165) is 0 Å². The van der Waals surface area contributed by atoms with Crippen LogP contribution in [0.4, 0.5) is 0 Å². The molecule has 0 N–H and O–H groups in total. The van der Waals surface area contributed by atoms with Crippen LogP contribution in [-0.4, -0.2) is 30.3 Å². The zero-order valence-electron chi connectivity index (χ0n) is 11.6. The Morgan fingerprint density at radius 3 is 2.67 bits per heavy atom. The summed E-state index contributed by atoms with van der Waals surface area (Å²) in [5.41, 5.74) is 0.475. The van der Waals surface area contributed by atoms with E-state index in [1.54, 1.807) is 18.4 Å². The first-order chi connectivity index (χ1) is 8.48. The average molecular weight is 249 g/mol. The van der Waals surface area contributed by atoms with Gasteiger partial charge in [-0.1, -0.05) is 13.8 Å². The Hall–Kier alpha value is -1.09. The molecule has 1 aliphatic rings. The molecule has 0 aromatic carbocycles. The minimum Gasteiger partial charge on any atom is -0.461 e. The van der Waals surface area contributed by atoms with Crippen molar-refractivity contribution in [3.63, 3.8) is 0 Å². The number of hydrogen-bond acceptors (Lipinski definition) is 3. The first kappa shape index (κ1) is 13.3. The van der Waals surface area contributed by atoms with Crippen molar-refractivity contribution in [3.8, 4) is 0 Å². The van der Waals surface area contributed by atoms with Crippen LogP contribution in [0.15, 0.2) is 22.8 Å². The van der Waals surface area contributed by atoms with Crippen LogP contribution < -0.4 is 0 Å². The van der Waals surface area contributed by atoms with E-state index >= 15 is 0 Å². The molecule has 0 atom stereocenters. The molecule has 1 fully saturated rings. The van der Waals surface area contributed by atoms with Gasteiger partial charge in [-0.3, -0.25) is 9.69 Å². The summed E-state index contributed by atoms with van der Waals surface area (Å²) in [5, 5.41) is 0. The van der Waals surface area contributed by atoms with Crippen LogP contribution in [0.2, 0.25) is 0 Å². The van der Waals surface area contributed by atoms with Crippen LogP contribution in [0.1, 0.15) is 50.1 Å². The maximum atomic E-state index is 12.0. The highest BCUT2D eigenvalue weighted by molar-refractivity contribution is 5.94. The lowest BCUT2D eigenvalue weighted by Crippen LogP contribution is -2.39. The zero-order valence-corrected chi connectivity index (χ0v) is 11.6. The van der Waals surface area contributed by atoms with Crippen LogP contribution in [0.3, 0.4) is 0 Å². The molecule has 2 rings (SSSR count). The van der Waals surface area contributed by atoms with Gasteiger partial charge in [0.25, 0.3) is 0 Å². The summed E-state index contributed by atoms with van der Waals surface area (Å²) in [5.74, 6) is 0.547. The third kappa shape index (κ3) is 3.22. The van der Waals surface area contributed by atoms with Crippen LogP contribution >= 0.6 is 0 Å². The van der Waals surface area contributed by atoms with Gasteiger partial charge in [-0.15, -0.1) is 0 Å². The quantitative estimate of drug-likeness (QED) is 0.767. The van der Waals surface area contributed by atoms with Crippen molar-refractivity contribution in [3.05, 3.63) is 24.2 Å². The van der Waals surface area contributed by atoms with E-state index in [-0.39, 0.29) is 5.78 Å². The number of rotatable bonds is 4. The molecule has 0 amide bonds. The standard InChI is InChI=1S/C15H23NO2/c1-15(2)8-6-12(7-9-15)16(3)11-13(17)14-5-4-10-18-14/h4-5,10,12H,6-9,11H2,1-3H3. The Labute approximate surface area is 109 Å². The topological polar surface area (TPSA) is 33.5 Å². The Kier molecular flexibility index (Phi) is 3.91. The van der Waals surface area contributed by atoms with Gasteiger partial charge in [0, 0.05) is 6.04 Å². The molecule has 3 heteroatoms. The first-order valence-corrected chi connectivity index (χ1v) is 6.75. The zero-order chi connectivity index (χ0) is 13.2. The van der Waals surface area contributed by atoms with Crippen molar-refractivity contribution in [2.75, 3.05) is 13.6 Å². The second-order valence-corrected chi connectivity index (χ2v) is 6.21. The highest BCUT2D eigenvalue weighted by Gasteiger charge is 2.29. The van der Waals surface area contributed by atoms with Crippen molar-refractivity contribution in [1.82, 2.24) is 4.90 Å². The largest absolute Gasteiger partial charge is 0.461 e. The van der Waals surface area contributed by atoms with E-state index < -0.39 is 0 Å². The van der Waals surface area contributed by atoms with Gasteiger partial charge in [0.1, 0.15) is 0 Å². The first-order valence-electron chi connectivity index (χ1n) is 6.75. The van der Waals surface area contributed by atoms with E-state index in [9.17, 15) is 4.79 Å². The Bertz CT molecular complexity index is 385. The molecule has 18 heavy (non-hydrogen) atoms. The molecule has 1 heterocycles. The Morgan fingerprint density at radius 1 is 1.44 bits per heavy atom. The van der Waals surface area contributed by atoms with E-state index in [1.807, 2.05) is 7.05 Å². The van der Waals surface area contributed by atoms with Gasteiger partial charge in [0.2, 0.25) is 5.78 Å². The summed E-state index contributed by atoms with van der Waals surface area (Å²) in [4.78, 5) is 14.1. The lowest BCUT2D eigenvalue weighted by atomic mass is 9.75. The van der Waals surface area contributed by atoms with Gasteiger partial charge < -0.3 is 4.42 Å². The lowest BCUT2D eigenvalue weighted by molar-refractivity contribution is 0.0826. The van der Waals surface area contributed by atoms with Crippen LogP contribution in [0, 0.1) is 5.41 Å². The smallest absolute Gasteiger partial charge is 0.211 e. The van der Waals surface area contributed by atoms with Crippen molar-refractivity contribution in [1.29, 1.82) is 0 Å². The SMILES string of the molecule is CN(CC(=O)c1ccco1)C1CCC(C)(C)CC1. The summed E-state index contributed by atoms with van der Waals surface area (Å²) >= 11 is 0. The third-order valence-corrected chi connectivity index (χ3v) is 4.12. The average Bonchev–Trinajstić information content (AvgIpc) is 2.82. The summed E-state index contributed by atoms with van der Waals surface area (Å²) in [6.45, 7) is 5.12. The number of nitrogens with zero attached hydrogens (tertiary/aromatic N) is 1. The molecule has 1 aromatic heterocycles. The van der Waals surface area contributed by atoms with Crippen LogP contribution in [0.5, 0.6) is 0 Å². The predicted molar refractivity (Wildman–Crippen MR) is 71.7 cm³/mol. The third-order valence-electron chi connectivity index (χ3n) is 4.12. The molecule has 1 aliphatic carbocycles. The maximum Gasteiger partial charge on any atom is 0.211 e. The molecule has 1 aromatic rings. The number of furan rings is 1. The van der Waals surface area contributed by atoms with E-state index in [2.05, 4.69) is 18.7 Å². The number of likely N-dealkylation sites (N-methyl/N-ethyl adjacent to an activating group) is 1. The van der Waals surface area contributed by atoms with Gasteiger partial charge in [0.15, 0.2) is 5.76 Å². The second kappa shape index (κ2) is 5.27. The van der Waals surface area contributed by atoms with Crippen molar-refractivity contribution < 1.29 is 9.21 Å². The number of hydrogen-bond donors (Lipinski definition) is 0. The minimum atomic E-state index is 0.0762. The molecule has 0 aliphatic heterocycles. The number of carbonyl (C=O) groups excluding carboxylic acids is 1. The van der Waals surface area contributed by atoms with Crippen molar-refractivity contribution >= 4 is 5.78 Å². The number of carbonyl (C=O) groups is 1. The summed E-state index contributed by atoms with van der Waals surface area (Å²) in [7, 11) is 2.05. The van der Waals surface area contributed by atoms with E-state index in [1.165, 1.54) is 25.7 Å². The fraction of sp³-hybridized carbons (Fsp3) is 0.667. The molecule has 100 valence electrons. The van der Waals surface area contributed by atoms with Gasteiger partial charge in [0.05, 0.1) is 12.8 Å². The molecular formula is C15H23NO2. The summed E-state index contributed by atoms with van der Waals surface area (Å²) in [6.07, 6.45) is 6.42. The maximum absolute atomic E-state index is 12.0. The molecule has 0 radical (unpaired) electrons.